The fourth-order valence-electron chi connectivity index (χ4n) is 3.61. The number of benzene rings is 2. The molecule has 0 spiro atoms. The van der Waals surface area contributed by atoms with Crippen molar-refractivity contribution in [3.05, 3.63) is 75.9 Å². The first-order valence-corrected chi connectivity index (χ1v) is 8.84. The Bertz CT molecular complexity index is 771. The molecular formula is C20H20F4N2O. The van der Waals surface area contributed by atoms with E-state index in [1.807, 2.05) is 30.3 Å². The number of hydrogen-bond donors (Lipinski definition) is 0. The molecule has 1 fully saturated rings. The van der Waals surface area contributed by atoms with E-state index in [0.717, 1.165) is 31.8 Å². The summed E-state index contributed by atoms with van der Waals surface area (Å²) in [6, 6.07) is 11.3. The maximum Gasteiger partial charge on any atom is 0.416 e. The van der Waals surface area contributed by atoms with E-state index in [1.165, 1.54) is 5.56 Å². The molecule has 7 heteroatoms. The molecule has 0 radical (unpaired) electrons. The van der Waals surface area contributed by atoms with Crippen molar-refractivity contribution in [1.82, 2.24) is 4.90 Å². The smallest absolute Gasteiger partial charge is 0.299 e. The number of rotatable bonds is 5. The van der Waals surface area contributed by atoms with Crippen LogP contribution >= 0.6 is 0 Å². The third-order valence-corrected chi connectivity index (χ3v) is 5.09. The standard InChI is InChI=1S/C20H20F4N2O/c21-18-12-16(20(22,23)24)6-7-17(18)19(25-27)15-8-10-26(11-9-15)13-14-4-2-1-3-5-14/h1-7,12,15,19H,8-11,13H2. The second-order valence-electron chi connectivity index (χ2n) is 6.88. The van der Waals surface area contributed by atoms with E-state index in [9.17, 15) is 22.5 Å². The van der Waals surface area contributed by atoms with Gasteiger partial charge in [0.2, 0.25) is 0 Å². The maximum atomic E-state index is 14.2. The average Bonchev–Trinajstić information content (AvgIpc) is 2.65. The second-order valence-corrected chi connectivity index (χ2v) is 6.88. The van der Waals surface area contributed by atoms with E-state index in [2.05, 4.69) is 10.1 Å². The maximum absolute atomic E-state index is 14.2. The third-order valence-electron chi connectivity index (χ3n) is 5.09. The predicted molar refractivity (Wildman–Crippen MR) is 94.4 cm³/mol. The van der Waals surface area contributed by atoms with Crippen LogP contribution in [0.3, 0.4) is 0 Å². The molecule has 1 saturated heterocycles. The van der Waals surface area contributed by atoms with Crippen molar-refractivity contribution < 1.29 is 17.6 Å². The molecule has 0 N–H and O–H groups in total. The van der Waals surface area contributed by atoms with Crippen molar-refractivity contribution in [2.45, 2.75) is 31.6 Å². The molecule has 2 aromatic carbocycles. The summed E-state index contributed by atoms with van der Waals surface area (Å²) in [5.41, 5.74) is 0.0698. The van der Waals surface area contributed by atoms with Gasteiger partial charge in [-0.2, -0.15) is 18.1 Å². The number of piperidine rings is 1. The fraction of sp³-hybridized carbons (Fsp3) is 0.400. The molecule has 1 aliphatic rings. The van der Waals surface area contributed by atoms with Crippen molar-refractivity contribution >= 4 is 0 Å². The third kappa shape index (κ3) is 4.71. The molecule has 144 valence electrons. The summed E-state index contributed by atoms with van der Waals surface area (Å²) < 4.78 is 52.3. The van der Waals surface area contributed by atoms with Gasteiger partial charge in [-0.05, 0) is 49.5 Å². The highest BCUT2D eigenvalue weighted by atomic mass is 19.4. The molecule has 3 rings (SSSR count). The Hall–Kier alpha value is -2.28. The molecule has 0 aliphatic carbocycles. The van der Waals surface area contributed by atoms with Crippen molar-refractivity contribution in [1.29, 1.82) is 0 Å². The number of halogens is 4. The van der Waals surface area contributed by atoms with Gasteiger partial charge in [-0.1, -0.05) is 41.6 Å². The van der Waals surface area contributed by atoms with Crippen molar-refractivity contribution in [3.8, 4) is 0 Å². The molecule has 27 heavy (non-hydrogen) atoms. The van der Waals surface area contributed by atoms with Gasteiger partial charge < -0.3 is 0 Å². The number of nitrogens with zero attached hydrogens (tertiary/aromatic N) is 2. The van der Waals surface area contributed by atoms with Gasteiger partial charge >= 0.3 is 6.18 Å². The molecular weight excluding hydrogens is 360 g/mol. The summed E-state index contributed by atoms with van der Waals surface area (Å²) in [4.78, 5) is 13.6. The highest BCUT2D eigenvalue weighted by molar-refractivity contribution is 5.29. The van der Waals surface area contributed by atoms with Gasteiger partial charge in [-0.3, -0.25) is 4.90 Å². The molecule has 0 bridgehead atoms. The van der Waals surface area contributed by atoms with E-state index in [1.54, 1.807) is 0 Å². The lowest BCUT2D eigenvalue weighted by atomic mass is 9.85. The lowest BCUT2D eigenvalue weighted by Crippen LogP contribution is -2.35. The number of likely N-dealkylation sites (tertiary alicyclic amines) is 1. The van der Waals surface area contributed by atoms with Crippen LogP contribution in [0.15, 0.2) is 53.7 Å². The minimum absolute atomic E-state index is 0.0560. The average molecular weight is 380 g/mol. The topological polar surface area (TPSA) is 32.7 Å². The van der Waals surface area contributed by atoms with E-state index >= 15 is 0 Å². The molecule has 0 saturated carbocycles. The van der Waals surface area contributed by atoms with Crippen LogP contribution in [0.2, 0.25) is 0 Å². The normalized spacial score (nSPS) is 17.6. The van der Waals surface area contributed by atoms with Crippen LogP contribution in [0.5, 0.6) is 0 Å². The van der Waals surface area contributed by atoms with Crippen molar-refractivity contribution in [3.63, 3.8) is 0 Å². The highest BCUT2D eigenvalue weighted by Gasteiger charge is 2.34. The Morgan fingerprint density at radius 2 is 1.74 bits per heavy atom. The van der Waals surface area contributed by atoms with E-state index in [4.69, 9.17) is 0 Å². The summed E-state index contributed by atoms with van der Waals surface area (Å²) >= 11 is 0. The lowest BCUT2D eigenvalue weighted by Gasteiger charge is -2.34. The summed E-state index contributed by atoms with van der Waals surface area (Å²) in [7, 11) is 0. The molecule has 1 atom stereocenters. The Balaban J connectivity index is 1.66. The Kier molecular flexibility index (Phi) is 5.89. The number of hydrogen-bond acceptors (Lipinski definition) is 3. The van der Waals surface area contributed by atoms with Gasteiger partial charge in [0.25, 0.3) is 0 Å². The Labute approximate surface area is 155 Å². The Morgan fingerprint density at radius 1 is 1.07 bits per heavy atom. The molecule has 3 nitrogen and oxygen atoms in total. The van der Waals surface area contributed by atoms with Crippen LogP contribution in [0.4, 0.5) is 17.6 Å². The van der Waals surface area contributed by atoms with Gasteiger partial charge in [0, 0.05) is 12.1 Å². The van der Waals surface area contributed by atoms with Gasteiger partial charge in [-0.25, -0.2) is 4.39 Å². The van der Waals surface area contributed by atoms with Gasteiger partial charge in [-0.15, -0.1) is 0 Å². The molecule has 1 aliphatic heterocycles. The van der Waals surface area contributed by atoms with Gasteiger partial charge in [0.1, 0.15) is 11.9 Å². The van der Waals surface area contributed by atoms with Crippen LogP contribution in [-0.2, 0) is 12.7 Å². The molecule has 0 aromatic heterocycles. The first-order chi connectivity index (χ1) is 12.9. The zero-order valence-corrected chi connectivity index (χ0v) is 14.6. The number of nitroso groups, excluding NO2 is 1. The summed E-state index contributed by atoms with van der Waals surface area (Å²) in [5, 5.41) is 3.05. The number of alkyl halides is 3. The van der Waals surface area contributed by atoms with E-state index in [0.29, 0.717) is 18.9 Å². The zero-order chi connectivity index (χ0) is 19.4. The minimum atomic E-state index is -4.62. The first kappa shape index (κ1) is 19.5. The fourth-order valence-corrected chi connectivity index (χ4v) is 3.61. The van der Waals surface area contributed by atoms with E-state index in [-0.39, 0.29) is 11.5 Å². The molecule has 2 aromatic rings. The Morgan fingerprint density at radius 3 is 2.30 bits per heavy atom. The monoisotopic (exact) mass is 380 g/mol. The van der Waals surface area contributed by atoms with Gasteiger partial charge in [0.05, 0.1) is 5.56 Å². The van der Waals surface area contributed by atoms with Gasteiger partial charge in [0.15, 0.2) is 0 Å². The minimum Gasteiger partial charge on any atom is -0.299 e. The van der Waals surface area contributed by atoms with Crippen molar-refractivity contribution in [2.75, 3.05) is 13.1 Å². The summed E-state index contributed by atoms with van der Waals surface area (Å²) in [6.07, 6.45) is -3.33. The molecule has 1 heterocycles. The second kappa shape index (κ2) is 8.17. The van der Waals surface area contributed by atoms with Crippen LogP contribution in [0.1, 0.15) is 35.6 Å². The summed E-state index contributed by atoms with van der Waals surface area (Å²) in [6.45, 7) is 2.25. The van der Waals surface area contributed by atoms with E-state index < -0.39 is 23.6 Å². The molecule has 1 unspecified atom stereocenters. The first-order valence-electron chi connectivity index (χ1n) is 8.84. The predicted octanol–water partition coefficient (Wildman–Crippen LogP) is 5.56. The largest absolute Gasteiger partial charge is 0.416 e. The molecule has 0 amide bonds. The van der Waals surface area contributed by atoms with Crippen LogP contribution in [0, 0.1) is 16.6 Å². The van der Waals surface area contributed by atoms with Crippen LogP contribution < -0.4 is 0 Å². The van der Waals surface area contributed by atoms with Crippen LogP contribution in [-0.4, -0.2) is 18.0 Å². The highest BCUT2D eigenvalue weighted by Crippen LogP contribution is 2.37. The summed E-state index contributed by atoms with van der Waals surface area (Å²) in [5.74, 6) is -1.21. The lowest BCUT2D eigenvalue weighted by molar-refractivity contribution is -0.137. The SMILES string of the molecule is O=NC(c1ccc(C(F)(F)F)cc1F)C1CCN(Cc2ccccc2)CC1. The quantitative estimate of drug-likeness (QED) is 0.502. The van der Waals surface area contributed by atoms with Crippen LogP contribution in [0.25, 0.3) is 0 Å². The zero-order valence-electron chi connectivity index (χ0n) is 14.6. The van der Waals surface area contributed by atoms with Crippen molar-refractivity contribution in [2.24, 2.45) is 11.1 Å².